The fraction of sp³-hybridized carbons (Fsp3) is 0.269. The van der Waals surface area contributed by atoms with Gasteiger partial charge in [0, 0.05) is 29.5 Å². The van der Waals surface area contributed by atoms with E-state index in [9.17, 15) is 14.0 Å². The lowest BCUT2D eigenvalue weighted by Crippen LogP contribution is -2.37. The van der Waals surface area contributed by atoms with Gasteiger partial charge in [-0.3, -0.25) is 4.79 Å². The van der Waals surface area contributed by atoms with Gasteiger partial charge in [0.25, 0.3) is 5.91 Å². The molecule has 1 saturated heterocycles. The van der Waals surface area contributed by atoms with Gasteiger partial charge >= 0.3 is 5.97 Å². The van der Waals surface area contributed by atoms with Crippen LogP contribution in [0, 0.1) is 12.7 Å². The van der Waals surface area contributed by atoms with E-state index in [4.69, 9.17) is 9.47 Å². The van der Waals surface area contributed by atoms with Crippen LogP contribution < -0.4 is 5.32 Å². The molecule has 0 aliphatic carbocycles. The van der Waals surface area contributed by atoms with Gasteiger partial charge in [0.05, 0.1) is 11.6 Å². The Hall–Kier alpha value is -3.36. The van der Waals surface area contributed by atoms with E-state index in [-0.39, 0.29) is 18.2 Å². The fourth-order valence-corrected chi connectivity index (χ4v) is 4.97. The van der Waals surface area contributed by atoms with E-state index in [0.717, 1.165) is 34.7 Å². The minimum absolute atomic E-state index is 0.00106. The maximum absolute atomic E-state index is 14.6. The average molecular weight is 479 g/mol. The summed E-state index contributed by atoms with van der Waals surface area (Å²) >= 11 is 1.18. The number of halogens is 1. The number of hydrogen-bond acceptors (Lipinski definition) is 6. The van der Waals surface area contributed by atoms with E-state index >= 15 is 0 Å². The summed E-state index contributed by atoms with van der Waals surface area (Å²) in [7, 11) is 0. The van der Waals surface area contributed by atoms with Crippen molar-refractivity contribution in [2.75, 3.05) is 13.2 Å². The van der Waals surface area contributed by atoms with Crippen LogP contribution >= 0.6 is 11.3 Å². The zero-order valence-corrected chi connectivity index (χ0v) is 19.4. The SMILES string of the molecule is Cc1ccc2cc3cc(C(=O)O[C@@H](C(=O)NC[C@H]4CCCO4)c4ccccc4F)sc3nc2c1. The van der Waals surface area contributed by atoms with Gasteiger partial charge in [-0.1, -0.05) is 30.3 Å². The maximum atomic E-state index is 14.6. The van der Waals surface area contributed by atoms with E-state index < -0.39 is 23.8 Å². The van der Waals surface area contributed by atoms with Crippen molar-refractivity contribution >= 4 is 44.3 Å². The number of fused-ring (bicyclic) bond motifs is 2. The summed E-state index contributed by atoms with van der Waals surface area (Å²) in [5.74, 6) is -1.91. The van der Waals surface area contributed by atoms with Crippen LogP contribution in [0.15, 0.2) is 54.6 Å². The van der Waals surface area contributed by atoms with Crippen molar-refractivity contribution in [1.29, 1.82) is 0 Å². The Bertz CT molecular complexity index is 1380. The number of esters is 1. The average Bonchev–Trinajstić information content (AvgIpc) is 3.49. The lowest BCUT2D eigenvalue weighted by atomic mass is 10.1. The number of benzene rings is 2. The molecule has 0 unspecified atom stereocenters. The van der Waals surface area contributed by atoms with Crippen molar-refractivity contribution in [1.82, 2.24) is 10.3 Å². The van der Waals surface area contributed by atoms with Crippen molar-refractivity contribution in [2.24, 2.45) is 0 Å². The third-order valence-corrected chi connectivity index (χ3v) is 6.86. The highest BCUT2D eigenvalue weighted by atomic mass is 32.1. The molecule has 1 fully saturated rings. The monoisotopic (exact) mass is 478 g/mol. The van der Waals surface area contributed by atoms with Gasteiger partial charge in [0.2, 0.25) is 6.10 Å². The molecule has 2 atom stereocenters. The first-order valence-electron chi connectivity index (χ1n) is 11.1. The fourth-order valence-electron chi connectivity index (χ4n) is 4.06. The summed E-state index contributed by atoms with van der Waals surface area (Å²) in [5, 5.41) is 4.51. The summed E-state index contributed by atoms with van der Waals surface area (Å²) in [6.07, 6.45) is 0.260. The minimum Gasteiger partial charge on any atom is -0.443 e. The smallest absolute Gasteiger partial charge is 0.349 e. The number of pyridine rings is 1. The number of thiophene rings is 1. The van der Waals surface area contributed by atoms with Gasteiger partial charge in [-0.2, -0.15) is 0 Å². The molecular weight excluding hydrogens is 455 g/mol. The number of nitrogens with zero attached hydrogens (tertiary/aromatic N) is 1. The van der Waals surface area contributed by atoms with Gasteiger partial charge < -0.3 is 14.8 Å². The van der Waals surface area contributed by atoms with Gasteiger partial charge in [0.1, 0.15) is 15.5 Å². The molecule has 2 aromatic heterocycles. The topological polar surface area (TPSA) is 77.5 Å². The molecule has 3 heterocycles. The molecule has 8 heteroatoms. The largest absolute Gasteiger partial charge is 0.443 e. The number of aryl methyl sites for hydroxylation is 1. The van der Waals surface area contributed by atoms with Crippen LogP contribution in [-0.2, 0) is 14.3 Å². The highest BCUT2D eigenvalue weighted by Gasteiger charge is 2.30. The second-order valence-corrected chi connectivity index (χ2v) is 9.41. The molecule has 2 aromatic carbocycles. The molecule has 1 amide bonds. The number of carbonyl (C=O) groups excluding carboxylic acids is 2. The van der Waals surface area contributed by atoms with E-state index in [2.05, 4.69) is 10.3 Å². The molecule has 0 spiro atoms. The number of rotatable bonds is 6. The Morgan fingerprint density at radius 3 is 2.85 bits per heavy atom. The van der Waals surface area contributed by atoms with Crippen molar-refractivity contribution < 1.29 is 23.5 Å². The molecule has 1 aliphatic heterocycles. The molecule has 0 radical (unpaired) electrons. The third kappa shape index (κ3) is 4.64. The van der Waals surface area contributed by atoms with Gasteiger partial charge in [-0.15, -0.1) is 11.3 Å². The highest BCUT2D eigenvalue weighted by Crippen LogP contribution is 2.30. The summed E-state index contributed by atoms with van der Waals surface area (Å²) < 4.78 is 25.7. The number of nitrogens with one attached hydrogen (secondary N) is 1. The summed E-state index contributed by atoms with van der Waals surface area (Å²) in [6, 6.07) is 15.4. The Morgan fingerprint density at radius 1 is 1.21 bits per heavy atom. The van der Waals surface area contributed by atoms with Crippen molar-refractivity contribution in [3.8, 4) is 0 Å². The number of ether oxygens (including phenoxy) is 2. The zero-order chi connectivity index (χ0) is 23.7. The Labute approximate surface area is 199 Å². The van der Waals surface area contributed by atoms with Crippen molar-refractivity contribution in [2.45, 2.75) is 32.0 Å². The second-order valence-electron chi connectivity index (χ2n) is 8.38. The lowest BCUT2D eigenvalue weighted by Gasteiger charge is -2.19. The van der Waals surface area contributed by atoms with Crippen molar-refractivity contribution in [3.05, 3.63) is 76.4 Å². The molecule has 5 rings (SSSR count). The first-order chi connectivity index (χ1) is 16.5. The van der Waals surface area contributed by atoms with E-state index in [1.807, 2.05) is 31.2 Å². The van der Waals surface area contributed by atoms with Crippen LogP contribution in [-0.4, -0.2) is 36.1 Å². The van der Waals surface area contributed by atoms with Crippen LogP contribution in [0.3, 0.4) is 0 Å². The van der Waals surface area contributed by atoms with Crippen LogP contribution in [0.1, 0.15) is 39.7 Å². The van der Waals surface area contributed by atoms with E-state index in [1.54, 1.807) is 12.1 Å². The van der Waals surface area contributed by atoms with Gasteiger partial charge in [-0.25, -0.2) is 14.2 Å². The summed E-state index contributed by atoms with van der Waals surface area (Å²) in [5.41, 5.74) is 1.94. The highest BCUT2D eigenvalue weighted by molar-refractivity contribution is 7.20. The van der Waals surface area contributed by atoms with Crippen LogP contribution in [0.4, 0.5) is 4.39 Å². The van der Waals surface area contributed by atoms with Gasteiger partial charge in [0.15, 0.2) is 0 Å². The number of aromatic nitrogens is 1. The number of hydrogen-bond donors (Lipinski definition) is 1. The third-order valence-electron chi connectivity index (χ3n) is 5.84. The molecule has 174 valence electrons. The standard InChI is InChI=1S/C26H23FN2O4S/c1-15-8-9-16-12-17-13-22(34-25(17)29-21(16)11-15)26(31)33-23(19-6-2-3-7-20(19)27)24(30)28-14-18-5-4-10-32-18/h2-3,6-9,11-13,18,23H,4-5,10,14H2,1H3,(H,28,30)/t18-,23-/m1/s1. The quantitative estimate of drug-likeness (QED) is 0.391. The Kier molecular flexibility index (Phi) is 6.26. The molecular formula is C26H23FN2O4S. The van der Waals surface area contributed by atoms with E-state index in [1.165, 1.54) is 29.5 Å². The number of carbonyl (C=O) groups is 2. The first kappa shape index (κ1) is 22.4. The predicted octanol–water partition coefficient (Wildman–Crippen LogP) is 5.09. The second kappa shape index (κ2) is 9.48. The molecule has 34 heavy (non-hydrogen) atoms. The summed E-state index contributed by atoms with van der Waals surface area (Å²) in [4.78, 5) is 31.7. The normalized spacial score (nSPS) is 16.6. The molecule has 1 aliphatic rings. The maximum Gasteiger partial charge on any atom is 0.349 e. The van der Waals surface area contributed by atoms with Crippen molar-refractivity contribution in [3.63, 3.8) is 0 Å². The zero-order valence-electron chi connectivity index (χ0n) is 18.5. The molecule has 0 saturated carbocycles. The van der Waals surface area contributed by atoms with Crippen LogP contribution in [0.2, 0.25) is 0 Å². The Morgan fingerprint density at radius 2 is 2.06 bits per heavy atom. The number of amides is 1. The molecule has 4 aromatic rings. The summed E-state index contributed by atoms with van der Waals surface area (Å²) in [6.45, 7) is 2.93. The van der Waals surface area contributed by atoms with E-state index in [0.29, 0.717) is 16.3 Å². The van der Waals surface area contributed by atoms with Crippen LogP contribution in [0.25, 0.3) is 21.1 Å². The molecule has 1 N–H and O–H groups in total. The first-order valence-corrected chi connectivity index (χ1v) is 12.0. The lowest BCUT2D eigenvalue weighted by molar-refractivity contribution is -0.131. The predicted molar refractivity (Wildman–Crippen MR) is 128 cm³/mol. The minimum atomic E-state index is -1.42. The van der Waals surface area contributed by atoms with Gasteiger partial charge in [-0.05, 0) is 49.6 Å². The Balaban J connectivity index is 1.41. The molecule has 0 bridgehead atoms. The molecule has 6 nitrogen and oxygen atoms in total. The van der Waals surface area contributed by atoms with Crippen LogP contribution in [0.5, 0.6) is 0 Å².